The van der Waals surface area contributed by atoms with E-state index in [0.717, 1.165) is 43.0 Å². The third kappa shape index (κ3) is 4.59. The van der Waals surface area contributed by atoms with Crippen LogP contribution in [0, 0.1) is 11.6 Å². The third-order valence-electron chi connectivity index (χ3n) is 5.20. The highest BCUT2D eigenvalue weighted by atomic mass is 19.1. The van der Waals surface area contributed by atoms with E-state index in [-0.39, 0.29) is 18.4 Å². The standard InChI is InChI=1S/C21H24F2N4O2/c22-17-1-3-19(4-2-17)26-7-9-27(10-8-26)21(24)25-6-5-15-11-18(23)12-16-13-28-14-29-20(15)16/h1-4,11-12H,5-10,13-14H2,(H2,24,25). The minimum Gasteiger partial charge on any atom is -0.467 e. The van der Waals surface area contributed by atoms with Crippen LogP contribution in [0.5, 0.6) is 5.75 Å². The zero-order valence-electron chi connectivity index (χ0n) is 16.1. The average Bonchev–Trinajstić information content (AvgIpc) is 2.74. The van der Waals surface area contributed by atoms with Crippen LogP contribution < -0.4 is 15.4 Å². The lowest BCUT2D eigenvalue weighted by atomic mass is 10.1. The van der Waals surface area contributed by atoms with Gasteiger partial charge in [-0.15, -0.1) is 0 Å². The maximum Gasteiger partial charge on any atom is 0.191 e. The van der Waals surface area contributed by atoms with Gasteiger partial charge >= 0.3 is 0 Å². The first kappa shape index (κ1) is 19.4. The summed E-state index contributed by atoms with van der Waals surface area (Å²) in [4.78, 5) is 8.70. The number of fused-ring (bicyclic) bond motifs is 1. The molecular weight excluding hydrogens is 378 g/mol. The normalized spacial score (nSPS) is 17.1. The number of guanidine groups is 1. The number of aliphatic imine (C=N–C) groups is 1. The van der Waals surface area contributed by atoms with Crippen LogP contribution in [0.3, 0.4) is 0 Å². The number of hydrogen-bond donors (Lipinski definition) is 1. The molecule has 0 radical (unpaired) electrons. The van der Waals surface area contributed by atoms with E-state index >= 15 is 0 Å². The number of anilines is 1. The third-order valence-corrected chi connectivity index (χ3v) is 5.20. The van der Waals surface area contributed by atoms with Gasteiger partial charge in [-0.3, -0.25) is 4.99 Å². The number of nitrogens with zero attached hydrogens (tertiary/aromatic N) is 3. The first-order valence-corrected chi connectivity index (χ1v) is 9.67. The zero-order valence-corrected chi connectivity index (χ0v) is 16.1. The van der Waals surface area contributed by atoms with Crippen LogP contribution in [0.1, 0.15) is 11.1 Å². The van der Waals surface area contributed by atoms with Crippen LogP contribution in [0.4, 0.5) is 14.5 Å². The molecule has 2 aromatic carbocycles. The first-order chi connectivity index (χ1) is 14.1. The van der Waals surface area contributed by atoms with E-state index in [4.69, 9.17) is 15.2 Å². The van der Waals surface area contributed by atoms with Crippen molar-refractivity contribution in [3.63, 3.8) is 0 Å². The van der Waals surface area contributed by atoms with E-state index in [9.17, 15) is 8.78 Å². The van der Waals surface area contributed by atoms with Crippen LogP contribution in [-0.2, 0) is 17.8 Å². The average molecular weight is 402 g/mol. The summed E-state index contributed by atoms with van der Waals surface area (Å²) in [6.45, 7) is 4.02. The fourth-order valence-corrected chi connectivity index (χ4v) is 3.68. The number of halogens is 2. The van der Waals surface area contributed by atoms with Crippen LogP contribution in [-0.4, -0.2) is 50.4 Å². The fraction of sp³-hybridized carbons (Fsp3) is 0.381. The van der Waals surface area contributed by atoms with Crippen molar-refractivity contribution in [1.29, 1.82) is 0 Å². The van der Waals surface area contributed by atoms with Crippen molar-refractivity contribution in [2.45, 2.75) is 13.0 Å². The van der Waals surface area contributed by atoms with E-state index in [1.807, 2.05) is 4.90 Å². The van der Waals surface area contributed by atoms with Gasteiger partial charge in [0.2, 0.25) is 0 Å². The molecule has 2 aliphatic heterocycles. The topological polar surface area (TPSA) is 63.3 Å². The van der Waals surface area contributed by atoms with Crippen molar-refractivity contribution in [1.82, 2.24) is 4.90 Å². The summed E-state index contributed by atoms with van der Waals surface area (Å²) in [6, 6.07) is 9.44. The van der Waals surface area contributed by atoms with Crippen molar-refractivity contribution in [3.8, 4) is 5.75 Å². The van der Waals surface area contributed by atoms with E-state index in [1.165, 1.54) is 24.3 Å². The Morgan fingerprint density at radius 2 is 1.79 bits per heavy atom. The quantitative estimate of drug-likeness (QED) is 0.629. The Morgan fingerprint density at radius 3 is 2.55 bits per heavy atom. The number of hydrogen-bond acceptors (Lipinski definition) is 4. The van der Waals surface area contributed by atoms with Gasteiger partial charge in [0.15, 0.2) is 12.8 Å². The minimum atomic E-state index is -0.304. The van der Waals surface area contributed by atoms with Crippen LogP contribution >= 0.6 is 0 Å². The Morgan fingerprint density at radius 1 is 1.03 bits per heavy atom. The SMILES string of the molecule is NC(=NCCc1cc(F)cc2c1OCOC2)N1CCN(c2ccc(F)cc2)CC1. The monoisotopic (exact) mass is 402 g/mol. The van der Waals surface area contributed by atoms with Crippen LogP contribution in [0.15, 0.2) is 41.4 Å². The minimum absolute atomic E-state index is 0.176. The van der Waals surface area contributed by atoms with Gasteiger partial charge in [-0.25, -0.2) is 8.78 Å². The Hall–Kier alpha value is -2.87. The van der Waals surface area contributed by atoms with Gasteiger partial charge in [-0.05, 0) is 48.4 Å². The maximum atomic E-state index is 13.8. The largest absolute Gasteiger partial charge is 0.467 e. The summed E-state index contributed by atoms with van der Waals surface area (Å²) in [5.41, 5.74) is 8.67. The van der Waals surface area contributed by atoms with Gasteiger partial charge in [-0.2, -0.15) is 0 Å². The molecule has 4 rings (SSSR count). The number of piperazine rings is 1. The molecule has 0 spiro atoms. The van der Waals surface area contributed by atoms with E-state index < -0.39 is 0 Å². The molecule has 1 saturated heterocycles. The molecule has 1 fully saturated rings. The fourth-order valence-electron chi connectivity index (χ4n) is 3.68. The molecule has 2 N–H and O–H groups in total. The second-order valence-corrected chi connectivity index (χ2v) is 7.10. The highest BCUT2D eigenvalue weighted by Gasteiger charge is 2.19. The summed E-state index contributed by atoms with van der Waals surface area (Å²) < 4.78 is 37.7. The summed E-state index contributed by atoms with van der Waals surface area (Å²) in [6.07, 6.45) is 0.538. The number of ether oxygens (including phenoxy) is 2. The second kappa shape index (κ2) is 8.65. The molecule has 8 heteroatoms. The number of nitrogens with two attached hydrogens (primary N) is 1. The Balaban J connectivity index is 1.32. The van der Waals surface area contributed by atoms with E-state index in [2.05, 4.69) is 9.89 Å². The van der Waals surface area contributed by atoms with Crippen molar-refractivity contribution in [3.05, 3.63) is 59.2 Å². The molecule has 6 nitrogen and oxygen atoms in total. The summed E-state index contributed by atoms with van der Waals surface area (Å²) in [7, 11) is 0. The van der Waals surface area contributed by atoms with Crippen LogP contribution in [0.2, 0.25) is 0 Å². The van der Waals surface area contributed by atoms with Crippen LogP contribution in [0.25, 0.3) is 0 Å². The Labute approximate surface area is 168 Å². The molecule has 0 unspecified atom stereocenters. The van der Waals surface area contributed by atoms with Crippen molar-refractivity contribution in [2.24, 2.45) is 10.7 Å². The molecule has 0 amide bonds. The predicted molar refractivity (Wildman–Crippen MR) is 107 cm³/mol. The molecular formula is C21H24F2N4O2. The highest BCUT2D eigenvalue weighted by Crippen LogP contribution is 2.29. The highest BCUT2D eigenvalue weighted by molar-refractivity contribution is 5.78. The summed E-state index contributed by atoms with van der Waals surface area (Å²) in [5.74, 6) is 0.639. The molecule has 29 heavy (non-hydrogen) atoms. The molecule has 0 aliphatic carbocycles. The Bertz CT molecular complexity index is 881. The molecule has 2 heterocycles. The lowest BCUT2D eigenvalue weighted by Gasteiger charge is -2.36. The smallest absolute Gasteiger partial charge is 0.191 e. The van der Waals surface area contributed by atoms with Gasteiger partial charge in [0.05, 0.1) is 6.61 Å². The van der Waals surface area contributed by atoms with Gasteiger partial charge in [0.25, 0.3) is 0 Å². The van der Waals surface area contributed by atoms with Gasteiger partial charge in [0, 0.05) is 44.0 Å². The number of benzene rings is 2. The Kier molecular flexibility index (Phi) is 5.80. The van der Waals surface area contributed by atoms with Gasteiger partial charge in [0.1, 0.15) is 17.4 Å². The molecule has 0 atom stereocenters. The first-order valence-electron chi connectivity index (χ1n) is 9.67. The van der Waals surface area contributed by atoms with Crippen molar-refractivity contribution >= 4 is 11.6 Å². The lowest BCUT2D eigenvalue weighted by molar-refractivity contribution is -0.0172. The van der Waals surface area contributed by atoms with Gasteiger partial charge < -0.3 is 25.0 Å². The molecule has 0 bridgehead atoms. The maximum absolute atomic E-state index is 13.8. The summed E-state index contributed by atoms with van der Waals surface area (Å²) >= 11 is 0. The molecule has 2 aliphatic rings. The van der Waals surface area contributed by atoms with E-state index in [0.29, 0.717) is 31.3 Å². The molecule has 0 aromatic heterocycles. The van der Waals surface area contributed by atoms with E-state index in [1.54, 1.807) is 12.1 Å². The zero-order chi connectivity index (χ0) is 20.2. The molecule has 2 aromatic rings. The predicted octanol–water partition coefficient (Wildman–Crippen LogP) is 2.51. The van der Waals surface area contributed by atoms with Gasteiger partial charge in [-0.1, -0.05) is 0 Å². The molecule has 154 valence electrons. The molecule has 0 saturated carbocycles. The lowest BCUT2D eigenvalue weighted by Crippen LogP contribution is -2.51. The summed E-state index contributed by atoms with van der Waals surface area (Å²) in [5, 5.41) is 0. The van der Waals surface area contributed by atoms with Crippen molar-refractivity contribution in [2.75, 3.05) is 44.4 Å². The van der Waals surface area contributed by atoms with Crippen molar-refractivity contribution < 1.29 is 18.3 Å². The number of rotatable bonds is 4. The second-order valence-electron chi connectivity index (χ2n) is 7.10.